The Kier molecular flexibility index (Phi) is 4.88. The molecular weight excluding hydrogens is 313 g/mol. The van der Waals surface area contributed by atoms with Crippen LogP contribution in [0.5, 0.6) is 5.75 Å². The second-order valence-corrected chi connectivity index (χ2v) is 5.55. The molecule has 0 aliphatic rings. The molecule has 0 aliphatic heterocycles. The van der Waals surface area contributed by atoms with Gasteiger partial charge in [0.1, 0.15) is 5.52 Å². The van der Waals surface area contributed by atoms with Gasteiger partial charge in [0, 0.05) is 25.2 Å². The summed E-state index contributed by atoms with van der Waals surface area (Å²) in [6.45, 7) is 1.70. The number of carbonyl (C=O) groups is 1. The van der Waals surface area contributed by atoms with Crippen LogP contribution >= 0.6 is 23.2 Å². The maximum Gasteiger partial charge on any atom is 0.272 e. The van der Waals surface area contributed by atoms with Crippen molar-refractivity contribution < 1.29 is 9.53 Å². The predicted molar refractivity (Wildman–Crippen MR) is 83.8 cm³/mol. The van der Waals surface area contributed by atoms with E-state index in [4.69, 9.17) is 27.9 Å². The number of aryl methyl sites for hydroxylation is 1. The monoisotopic (exact) mass is 327 g/mol. The molecule has 0 aliphatic carbocycles. The van der Waals surface area contributed by atoms with Crippen LogP contribution in [0.25, 0.3) is 10.9 Å². The van der Waals surface area contributed by atoms with E-state index < -0.39 is 0 Å². The van der Waals surface area contributed by atoms with Crippen LogP contribution in [0.3, 0.4) is 0 Å². The first-order valence-electron chi connectivity index (χ1n) is 6.23. The Morgan fingerprint density at radius 2 is 2.05 bits per heavy atom. The molecule has 2 aromatic rings. The third kappa shape index (κ3) is 3.75. The number of fused-ring (bicyclic) bond motifs is 1. The molecule has 1 aromatic heterocycles. The number of rotatable bonds is 4. The van der Waals surface area contributed by atoms with Gasteiger partial charge < -0.3 is 4.74 Å². The number of ether oxygens (including phenoxy) is 1. The highest BCUT2D eigenvalue weighted by Crippen LogP contribution is 2.37. The van der Waals surface area contributed by atoms with Crippen LogP contribution in [0.1, 0.15) is 5.69 Å². The number of hydrogen-bond donors (Lipinski definition) is 1. The Balaban J connectivity index is 2.34. The number of aromatic nitrogens is 1. The third-order valence-electron chi connectivity index (χ3n) is 2.67. The summed E-state index contributed by atoms with van der Waals surface area (Å²) in [5.74, 6) is 0.0699. The van der Waals surface area contributed by atoms with Crippen molar-refractivity contribution in [2.75, 3.05) is 20.7 Å². The number of carbonyl (C=O) groups excluding carboxylic acids is 1. The molecule has 2 rings (SSSR count). The lowest BCUT2D eigenvalue weighted by atomic mass is 10.2. The molecule has 1 aromatic carbocycles. The molecule has 0 fully saturated rings. The number of amides is 1. The number of pyridine rings is 1. The summed E-state index contributed by atoms with van der Waals surface area (Å²) >= 11 is 12.3. The number of nitrogens with zero attached hydrogens (tertiary/aromatic N) is 2. The van der Waals surface area contributed by atoms with Gasteiger partial charge >= 0.3 is 0 Å². The topological polar surface area (TPSA) is 54.5 Å². The number of benzene rings is 1. The first kappa shape index (κ1) is 15.8. The minimum Gasteiger partial charge on any atom is -0.480 e. The van der Waals surface area contributed by atoms with Gasteiger partial charge in [-0.25, -0.2) is 9.99 Å². The van der Waals surface area contributed by atoms with Gasteiger partial charge in [-0.3, -0.25) is 10.2 Å². The van der Waals surface area contributed by atoms with Crippen molar-refractivity contribution in [3.05, 3.63) is 33.9 Å². The molecule has 0 radical (unpaired) electrons. The lowest BCUT2D eigenvalue weighted by Gasteiger charge is -2.14. The lowest BCUT2D eigenvalue weighted by Crippen LogP contribution is -2.39. The lowest BCUT2D eigenvalue weighted by molar-refractivity contribution is -0.126. The number of hydrazine groups is 1. The molecule has 0 spiro atoms. The Hall–Kier alpha value is -1.56. The van der Waals surface area contributed by atoms with E-state index in [1.54, 1.807) is 20.2 Å². The van der Waals surface area contributed by atoms with Gasteiger partial charge in [0.2, 0.25) is 0 Å². The normalized spacial score (nSPS) is 11.0. The van der Waals surface area contributed by atoms with E-state index >= 15 is 0 Å². The zero-order valence-electron chi connectivity index (χ0n) is 11.9. The molecular formula is C14H15Cl2N3O2. The minimum atomic E-state index is -0.285. The van der Waals surface area contributed by atoms with Crippen molar-refractivity contribution in [3.8, 4) is 5.75 Å². The van der Waals surface area contributed by atoms with Crippen molar-refractivity contribution in [3.63, 3.8) is 0 Å². The van der Waals surface area contributed by atoms with Crippen LogP contribution in [0.4, 0.5) is 0 Å². The van der Waals surface area contributed by atoms with E-state index in [1.807, 2.05) is 19.1 Å². The minimum absolute atomic E-state index is 0.162. The van der Waals surface area contributed by atoms with Gasteiger partial charge in [-0.05, 0) is 25.1 Å². The average Bonchev–Trinajstić information content (AvgIpc) is 2.37. The smallest absolute Gasteiger partial charge is 0.272 e. The fourth-order valence-electron chi connectivity index (χ4n) is 1.85. The van der Waals surface area contributed by atoms with E-state index in [2.05, 4.69) is 10.4 Å². The summed E-state index contributed by atoms with van der Waals surface area (Å²) in [5, 5.41) is 3.08. The summed E-state index contributed by atoms with van der Waals surface area (Å²) in [6, 6.07) is 5.29. The SMILES string of the molecule is Cc1ccc2c(Cl)cc(Cl)c(OCC(=O)NN(C)C)c2n1. The first-order chi connectivity index (χ1) is 9.88. The zero-order chi connectivity index (χ0) is 15.6. The third-order valence-corrected chi connectivity index (χ3v) is 3.27. The summed E-state index contributed by atoms with van der Waals surface area (Å²) in [7, 11) is 3.43. The molecule has 1 amide bonds. The zero-order valence-corrected chi connectivity index (χ0v) is 13.4. The summed E-state index contributed by atoms with van der Waals surface area (Å²) in [6.07, 6.45) is 0. The van der Waals surface area contributed by atoms with Gasteiger partial charge in [-0.15, -0.1) is 0 Å². The summed E-state index contributed by atoms with van der Waals surface area (Å²) in [5.41, 5.74) is 3.94. The molecule has 1 heterocycles. The quantitative estimate of drug-likeness (QED) is 0.877. The van der Waals surface area contributed by atoms with Crippen LogP contribution in [0.15, 0.2) is 18.2 Å². The summed E-state index contributed by atoms with van der Waals surface area (Å²) in [4.78, 5) is 16.0. The van der Waals surface area contributed by atoms with Crippen molar-refractivity contribution in [1.82, 2.24) is 15.4 Å². The van der Waals surface area contributed by atoms with Gasteiger partial charge in [-0.2, -0.15) is 0 Å². The van der Waals surface area contributed by atoms with E-state index in [9.17, 15) is 4.79 Å². The molecule has 1 N–H and O–H groups in total. The highest BCUT2D eigenvalue weighted by atomic mass is 35.5. The number of nitrogens with one attached hydrogen (secondary N) is 1. The van der Waals surface area contributed by atoms with E-state index in [-0.39, 0.29) is 12.5 Å². The fraction of sp³-hybridized carbons (Fsp3) is 0.286. The van der Waals surface area contributed by atoms with E-state index in [0.29, 0.717) is 21.3 Å². The average molecular weight is 328 g/mol. The maximum atomic E-state index is 11.6. The van der Waals surface area contributed by atoms with Crippen LogP contribution in [0.2, 0.25) is 10.0 Å². The molecule has 0 saturated heterocycles. The van der Waals surface area contributed by atoms with Gasteiger partial charge in [0.25, 0.3) is 5.91 Å². The Morgan fingerprint density at radius 1 is 1.33 bits per heavy atom. The van der Waals surface area contributed by atoms with Crippen molar-refractivity contribution in [2.45, 2.75) is 6.92 Å². The number of hydrogen-bond acceptors (Lipinski definition) is 4. The van der Waals surface area contributed by atoms with Gasteiger partial charge in [0.15, 0.2) is 12.4 Å². The van der Waals surface area contributed by atoms with Crippen LogP contribution in [-0.2, 0) is 4.79 Å². The predicted octanol–water partition coefficient (Wildman–Crippen LogP) is 2.82. The van der Waals surface area contributed by atoms with E-state index in [1.165, 1.54) is 5.01 Å². The maximum absolute atomic E-state index is 11.6. The Labute approximate surface area is 132 Å². The first-order valence-corrected chi connectivity index (χ1v) is 6.99. The Bertz CT molecular complexity index is 689. The molecule has 0 atom stereocenters. The molecule has 0 unspecified atom stereocenters. The molecule has 21 heavy (non-hydrogen) atoms. The van der Waals surface area contributed by atoms with Crippen LogP contribution in [-0.4, -0.2) is 36.6 Å². The molecule has 5 nitrogen and oxygen atoms in total. The van der Waals surface area contributed by atoms with Crippen LogP contribution in [0, 0.1) is 6.92 Å². The fourth-order valence-corrected chi connectivity index (χ4v) is 2.42. The largest absolute Gasteiger partial charge is 0.480 e. The van der Waals surface area contributed by atoms with Gasteiger partial charge in [0.05, 0.1) is 10.0 Å². The second kappa shape index (κ2) is 6.47. The van der Waals surface area contributed by atoms with Crippen molar-refractivity contribution >= 4 is 40.0 Å². The molecule has 112 valence electrons. The second-order valence-electron chi connectivity index (χ2n) is 4.74. The van der Waals surface area contributed by atoms with Crippen molar-refractivity contribution in [1.29, 1.82) is 0 Å². The number of halogens is 2. The highest BCUT2D eigenvalue weighted by molar-refractivity contribution is 6.39. The standard InChI is InChI=1S/C14H15Cl2N3O2/c1-8-4-5-9-10(15)6-11(16)14(13(9)17-8)21-7-12(20)18-19(2)3/h4-6H,7H2,1-3H3,(H,18,20). The molecule has 7 heteroatoms. The van der Waals surface area contributed by atoms with Crippen molar-refractivity contribution in [2.24, 2.45) is 0 Å². The molecule has 0 saturated carbocycles. The van der Waals surface area contributed by atoms with E-state index in [0.717, 1.165) is 11.1 Å². The highest BCUT2D eigenvalue weighted by Gasteiger charge is 2.14. The summed E-state index contributed by atoms with van der Waals surface area (Å²) < 4.78 is 5.53. The Morgan fingerprint density at radius 3 is 2.71 bits per heavy atom. The molecule has 0 bridgehead atoms. The van der Waals surface area contributed by atoms with Gasteiger partial charge in [-0.1, -0.05) is 23.2 Å². The van der Waals surface area contributed by atoms with Crippen LogP contribution < -0.4 is 10.2 Å².